The predicted octanol–water partition coefficient (Wildman–Crippen LogP) is 2.60. The van der Waals surface area contributed by atoms with Crippen molar-refractivity contribution in [2.75, 3.05) is 5.73 Å². The van der Waals surface area contributed by atoms with E-state index in [1.165, 1.54) is 6.07 Å². The lowest BCUT2D eigenvalue weighted by molar-refractivity contribution is 0.470. The number of rotatable bonds is 4. The van der Waals surface area contributed by atoms with E-state index in [0.29, 0.717) is 16.6 Å². The molecule has 0 bridgehead atoms. The molecule has 106 valence electrons. The lowest BCUT2D eigenvalue weighted by atomic mass is 10.2. The molecule has 2 aromatic rings. The lowest BCUT2D eigenvalue weighted by Crippen LogP contribution is -2.14. The minimum absolute atomic E-state index is 0.0448. The molecule has 0 aliphatic rings. The second-order valence-electron chi connectivity index (χ2n) is 4.11. The molecule has 0 saturated heterocycles. The van der Waals surface area contributed by atoms with E-state index in [4.69, 9.17) is 15.6 Å². The smallest absolute Gasteiger partial charge is 0.241 e. The third-order valence-corrected chi connectivity index (χ3v) is 4.13. The highest BCUT2D eigenvalue weighted by atomic mass is 79.9. The number of halogens is 1. The first-order valence-corrected chi connectivity index (χ1v) is 8.32. The molecular weight excluding hydrogens is 344 g/mol. The van der Waals surface area contributed by atoms with Gasteiger partial charge in [0.2, 0.25) is 10.0 Å². The number of sulfonamides is 1. The highest BCUT2D eigenvalue weighted by Gasteiger charge is 2.20. The average Bonchev–Trinajstić information content (AvgIpc) is 2.40. The number of para-hydroxylation sites is 1. The molecule has 0 radical (unpaired) electrons. The summed E-state index contributed by atoms with van der Waals surface area (Å²) < 4.78 is 28.9. The predicted molar refractivity (Wildman–Crippen MR) is 81.4 cm³/mol. The Morgan fingerprint density at radius 2 is 1.80 bits per heavy atom. The normalized spacial score (nSPS) is 11.3. The van der Waals surface area contributed by atoms with Crippen molar-refractivity contribution < 1.29 is 13.2 Å². The molecule has 0 fully saturated rings. The van der Waals surface area contributed by atoms with Crippen LogP contribution >= 0.6 is 15.9 Å². The van der Waals surface area contributed by atoms with Crippen molar-refractivity contribution in [2.24, 2.45) is 5.14 Å². The van der Waals surface area contributed by atoms with Crippen LogP contribution in [0.2, 0.25) is 0 Å². The molecule has 0 atom stereocenters. The number of nitrogen functional groups attached to an aromatic ring is 1. The quantitative estimate of drug-likeness (QED) is 0.649. The fourth-order valence-corrected chi connectivity index (χ4v) is 2.74. The SMILES string of the molecule is Nc1cc(CBr)cc(S(N)(=O)=O)c1Oc1ccccc1. The summed E-state index contributed by atoms with van der Waals surface area (Å²) in [6.45, 7) is 0. The molecule has 0 aliphatic carbocycles. The van der Waals surface area contributed by atoms with Gasteiger partial charge in [-0.05, 0) is 29.8 Å². The Morgan fingerprint density at radius 3 is 2.35 bits per heavy atom. The summed E-state index contributed by atoms with van der Waals surface area (Å²) in [6, 6.07) is 11.9. The van der Waals surface area contributed by atoms with Crippen LogP contribution < -0.4 is 15.6 Å². The number of hydrogen-bond donors (Lipinski definition) is 2. The maximum atomic E-state index is 11.7. The Hall–Kier alpha value is -1.57. The van der Waals surface area contributed by atoms with Gasteiger partial charge in [-0.1, -0.05) is 34.1 Å². The Morgan fingerprint density at radius 1 is 1.15 bits per heavy atom. The zero-order valence-electron chi connectivity index (χ0n) is 10.4. The van der Waals surface area contributed by atoms with Crippen molar-refractivity contribution in [1.29, 1.82) is 0 Å². The van der Waals surface area contributed by atoms with Gasteiger partial charge in [-0.2, -0.15) is 0 Å². The van der Waals surface area contributed by atoms with Crippen LogP contribution in [-0.2, 0) is 15.4 Å². The molecule has 0 saturated carbocycles. The van der Waals surface area contributed by atoms with Crippen LogP contribution in [0.3, 0.4) is 0 Å². The summed E-state index contributed by atoms with van der Waals surface area (Å²) in [7, 11) is -3.93. The lowest BCUT2D eigenvalue weighted by Gasteiger charge is -2.13. The van der Waals surface area contributed by atoms with Crippen LogP contribution in [0, 0.1) is 0 Å². The molecule has 7 heteroatoms. The number of ether oxygens (including phenoxy) is 1. The summed E-state index contributed by atoms with van der Waals surface area (Å²) in [6.07, 6.45) is 0. The summed E-state index contributed by atoms with van der Waals surface area (Å²) in [5.74, 6) is 0.527. The van der Waals surface area contributed by atoms with Gasteiger partial charge in [-0.15, -0.1) is 0 Å². The van der Waals surface area contributed by atoms with E-state index in [9.17, 15) is 8.42 Å². The second kappa shape index (κ2) is 5.82. The molecule has 0 spiro atoms. The van der Waals surface area contributed by atoms with Crippen LogP contribution in [0.15, 0.2) is 47.4 Å². The first-order chi connectivity index (χ1) is 9.41. The van der Waals surface area contributed by atoms with Crippen molar-refractivity contribution in [3.8, 4) is 11.5 Å². The monoisotopic (exact) mass is 356 g/mol. The first-order valence-electron chi connectivity index (χ1n) is 5.66. The van der Waals surface area contributed by atoms with Crippen molar-refractivity contribution >= 4 is 31.6 Å². The van der Waals surface area contributed by atoms with Gasteiger partial charge in [0.25, 0.3) is 0 Å². The molecule has 2 rings (SSSR count). The molecule has 0 unspecified atom stereocenters. The highest BCUT2D eigenvalue weighted by Crippen LogP contribution is 2.35. The van der Waals surface area contributed by atoms with Crippen LogP contribution in [0.4, 0.5) is 5.69 Å². The van der Waals surface area contributed by atoms with Gasteiger partial charge < -0.3 is 10.5 Å². The topological polar surface area (TPSA) is 95.4 Å². The van der Waals surface area contributed by atoms with E-state index < -0.39 is 10.0 Å². The summed E-state index contributed by atoms with van der Waals surface area (Å²) in [5.41, 5.74) is 6.79. The molecular formula is C13H13BrN2O3S. The van der Waals surface area contributed by atoms with Crippen LogP contribution in [0.1, 0.15) is 5.56 Å². The molecule has 5 nitrogen and oxygen atoms in total. The molecule has 2 aromatic carbocycles. The Labute approximate surface area is 125 Å². The van der Waals surface area contributed by atoms with Crippen LogP contribution in [0.5, 0.6) is 11.5 Å². The standard InChI is InChI=1S/C13H13BrN2O3S/c14-8-9-6-11(15)13(12(7-9)20(16,17)18)19-10-4-2-1-3-5-10/h1-7H,8,15H2,(H2,16,17,18). The zero-order chi connectivity index (χ0) is 14.8. The maximum absolute atomic E-state index is 11.7. The van der Waals surface area contributed by atoms with Gasteiger partial charge in [0, 0.05) is 5.33 Å². The van der Waals surface area contributed by atoms with Crippen molar-refractivity contribution in [2.45, 2.75) is 10.2 Å². The summed E-state index contributed by atoms with van der Waals surface area (Å²) in [4.78, 5) is -0.129. The van der Waals surface area contributed by atoms with Gasteiger partial charge in [-0.3, -0.25) is 0 Å². The van der Waals surface area contributed by atoms with Gasteiger partial charge in [-0.25, -0.2) is 13.6 Å². The fraction of sp³-hybridized carbons (Fsp3) is 0.0769. The van der Waals surface area contributed by atoms with E-state index in [0.717, 1.165) is 0 Å². The van der Waals surface area contributed by atoms with E-state index >= 15 is 0 Å². The third-order valence-electron chi connectivity index (χ3n) is 2.57. The van der Waals surface area contributed by atoms with E-state index in [-0.39, 0.29) is 16.3 Å². The molecule has 4 N–H and O–H groups in total. The minimum atomic E-state index is -3.93. The van der Waals surface area contributed by atoms with Crippen LogP contribution in [0.25, 0.3) is 0 Å². The molecule has 20 heavy (non-hydrogen) atoms. The van der Waals surface area contributed by atoms with Gasteiger partial charge in [0.1, 0.15) is 10.6 Å². The number of anilines is 1. The number of benzene rings is 2. The van der Waals surface area contributed by atoms with E-state index in [2.05, 4.69) is 15.9 Å². The minimum Gasteiger partial charge on any atom is -0.454 e. The Balaban J connectivity index is 2.57. The van der Waals surface area contributed by atoms with Crippen molar-refractivity contribution in [3.05, 3.63) is 48.0 Å². The Bertz CT molecular complexity index is 718. The highest BCUT2D eigenvalue weighted by molar-refractivity contribution is 9.08. The number of primary sulfonamides is 1. The van der Waals surface area contributed by atoms with Crippen LogP contribution in [-0.4, -0.2) is 8.42 Å². The third kappa shape index (κ3) is 3.30. The maximum Gasteiger partial charge on any atom is 0.241 e. The number of alkyl halides is 1. The van der Waals surface area contributed by atoms with E-state index in [1.54, 1.807) is 30.3 Å². The largest absolute Gasteiger partial charge is 0.454 e. The van der Waals surface area contributed by atoms with E-state index in [1.807, 2.05) is 6.07 Å². The number of hydrogen-bond acceptors (Lipinski definition) is 4. The molecule has 0 amide bonds. The average molecular weight is 357 g/mol. The fourth-order valence-electron chi connectivity index (χ4n) is 1.69. The molecule has 0 aromatic heterocycles. The molecule has 0 heterocycles. The number of nitrogens with two attached hydrogens (primary N) is 2. The first kappa shape index (κ1) is 14.8. The summed E-state index contributed by atoms with van der Waals surface area (Å²) >= 11 is 3.25. The second-order valence-corrected chi connectivity index (χ2v) is 6.20. The van der Waals surface area contributed by atoms with Crippen molar-refractivity contribution in [1.82, 2.24) is 0 Å². The van der Waals surface area contributed by atoms with Gasteiger partial charge in [0.05, 0.1) is 5.69 Å². The van der Waals surface area contributed by atoms with Gasteiger partial charge in [0.15, 0.2) is 5.75 Å². The molecule has 0 aliphatic heterocycles. The summed E-state index contributed by atoms with van der Waals surface area (Å²) in [5, 5.41) is 5.69. The Kier molecular flexibility index (Phi) is 4.32. The zero-order valence-corrected chi connectivity index (χ0v) is 12.8. The van der Waals surface area contributed by atoms with Gasteiger partial charge >= 0.3 is 0 Å². The van der Waals surface area contributed by atoms with Crippen molar-refractivity contribution in [3.63, 3.8) is 0 Å².